The monoisotopic (exact) mass is 358 g/mol. The number of hydrogen-bond acceptors (Lipinski definition) is 2. The van der Waals surface area contributed by atoms with Crippen LogP contribution in [0.1, 0.15) is 31.8 Å². The fourth-order valence-corrected chi connectivity index (χ4v) is 2.92. The summed E-state index contributed by atoms with van der Waals surface area (Å²) in [5.74, 6) is -0.288. The molecule has 0 radical (unpaired) electrons. The molecule has 3 aromatic carbocycles. The van der Waals surface area contributed by atoms with E-state index in [1.165, 1.54) is 5.56 Å². The van der Waals surface area contributed by atoms with Gasteiger partial charge in [-0.1, -0.05) is 54.1 Å². The van der Waals surface area contributed by atoms with Gasteiger partial charge in [-0.05, 0) is 47.9 Å². The minimum atomic E-state index is -0.144. The highest BCUT2D eigenvalue weighted by atomic mass is 16.2. The van der Waals surface area contributed by atoms with E-state index < -0.39 is 0 Å². The second kappa shape index (κ2) is 8.32. The molecule has 0 aromatic heterocycles. The van der Waals surface area contributed by atoms with Gasteiger partial charge in [0.05, 0.1) is 0 Å². The average Bonchev–Trinajstić information content (AvgIpc) is 2.71. The van der Waals surface area contributed by atoms with Gasteiger partial charge in [-0.2, -0.15) is 0 Å². The maximum absolute atomic E-state index is 12.6. The Balaban J connectivity index is 1.72. The molecule has 0 aliphatic carbocycles. The van der Waals surface area contributed by atoms with Gasteiger partial charge in [0, 0.05) is 24.7 Å². The van der Waals surface area contributed by atoms with Crippen molar-refractivity contribution in [1.29, 1.82) is 0 Å². The van der Waals surface area contributed by atoms with Gasteiger partial charge in [-0.3, -0.25) is 9.59 Å². The molecular weight excluding hydrogens is 336 g/mol. The van der Waals surface area contributed by atoms with Crippen molar-refractivity contribution in [2.45, 2.75) is 13.5 Å². The average molecular weight is 358 g/mol. The van der Waals surface area contributed by atoms with Gasteiger partial charge < -0.3 is 10.6 Å². The van der Waals surface area contributed by atoms with Crippen LogP contribution >= 0.6 is 0 Å². The lowest BCUT2D eigenvalue weighted by Gasteiger charge is -2.09. The molecule has 3 aromatic rings. The summed E-state index contributed by atoms with van der Waals surface area (Å²) in [6, 6.07) is 23.0. The lowest BCUT2D eigenvalue weighted by atomic mass is 10.0. The first-order chi connectivity index (χ1) is 13.1. The molecule has 4 nitrogen and oxygen atoms in total. The van der Waals surface area contributed by atoms with E-state index >= 15 is 0 Å². The van der Waals surface area contributed by atoms with Crippen LogP contribution < -0.4 is 10.6 Å². The zero-order valence-corrected chi connectivity index (χ0v) is 15.5. The number of aryl methyl sites for hydroxylation is 1. The van der Waals surface area contributed by atoms with Crippen molar-refractivity contribution >= 4 is 11.8 Å². The summed E-state index contributed by atoms with van der Waals surface area (Å²) in [6.07, 6.45) is 0. The normalized spacial score (nSPS) is 10.3. The summed E-state index contributed by atoms with van der Waals surface area (Å²) in [6.45, 7) is 2.41. The molecule has 2 N–H and O–H groups in total. The van der Waals surface area contributed by atoms with Gasteiger partial charge in [0.1, 0.15) is 0 Å². The van der Waals surface area contributed by atoms with Gasteiger partial charge in [-0.15, -0.1) is 0 Å². The van der Waals surface area contributed by atoms with E-state index in [4.69, 9.17) is 0 Å². The van der Waals surface area contributed by atoms with Crippen LogP contribution in [-0.4, -0.2) is 18.9 Å². The molecule has 2 amide bonds. The molecule has 3 rings (SSSR count). The number of carbonyl (C=O) groups excluding carboxylic acids is 2. The topological polar surface area (TPSA) is 58.2 Å². The Morgan fingerprint density at radius 2 is 1.41 bits per heavy atom. The third-order valence-corrected chi connectivity index (χ3v) is 4.35. The second-order valence-corrected chi connectivity index (χ2v) is 6.41. The third-order valence-electron chi connectivity index (χ3n) is 4.35. The number of rotatable bonds is 5. The highest BCUT2D eigenvalue weighted by Gasteiger charge is 2.08. The Labute approximate surface area is 159 Å². The molecule has 0 spiro atoms. The van der Waals surface area contributed by atoms with Crippen LogP contribution in [-0.2, 0) is 6.54 Å². The first-order valence-corrected chi connectivity index (χ1v) is 8.83. The zero-order chi connectivity index (χ0) is 19.2. The van der Waals surface area contributed by atoms with E-state index in [2.05, 4.69) is 16.7 Å². The Morgan fingerprint density at radius 1 is 0.778 bits per heavy atom. The maximum Gasteiger partial charge on any atom is 0.251 e. The minimum absolute atomic E-state index is 0.144. The molecule has 0 aliphatic rings. The van der Waals surface area contributed by atoms with E-state index in [0.29, 0.717) is 17.7 Å². The molecule has 0 atom stereocenters. The predicted molar refractivity (Wildman–Crippen MR) is 108 cm³/mol. The largest absolute Gasteiger partial charge is 0.355 e. The summed E-state index contributed by atoms with van der Waals surface area (Å²) in [5.41, 5.74) is 5.33. The Bertz CT molecular complexity index is 979. The number of hydrogen-bond donors (Lipinski definition) is 2. The lowest BCUT2D eigenvalue weighted by Crippen LogP contribution is -2.23. The van der Waals surface area contributed by atoms with E-state index in [9.17, 15) is 9.59 Å². The van der Waals surface area contributed by atoms with Crippen LogP contribution in [0.2, 0.25) is 0 Å². The summed E-state index contributed by atoms with van der Waals surface area (Å²) in [5, 5.41) is 5.52. The molecular formula is C23H22N2O2. The quantitative estimate of drug-likeness (QED) is 0.725. The highest BCUT2D eigenvalue weighted by molar-refractivity contribution is 5.96. The number of carbonyl (C=O) groups is 2. The first kappa shape index (κ1) is 18.4. The van der Waals surface area contributed by atoms with Crippen LogP contribution in [0.3, 0.4) is 0 Å². The predicted octanol–water partition coefficient (Wildman–Crippen LogP) is 3.95. The second-order valence-electron chi connectivity index (χ2n) is 6.41. The summed E-state index contributed by atoms with van der Waals surface area (Å²) in [4.78, 5) is 24.3. The van der Waals surface area contributed by atoms with Gasteiger partial charge in [-0.25, -0.2) is 0 Å². The Morgan fingerprint density at radius 3 is 2.11 bits per heavy atom. The zero-order valence-electron chi connectivity index (χ0n) is 15.5. The lowest BCUT2D eigenvalue weighted by molar-refractivity contribution is 0.0948. The number of nitrogens with one attached hydrogen (secondary N) is 2. The summed E-state index contributed by atoms with van der Waals surface area (Å²) >= 11 is 0. The molecule has 0 aliphatic heterocycles. The van der Waals surface area contributed by atoms with Crippen LogP contribution in [0, 0.1) is 6.92 Å². The van der Waals surface area contributed by atoms with E-state index in [1.807, 2.05) is 55.5 Å². The van der Waals surface area contributed by atoms with Crippen LogP contribution in [0.4, 0.5) is 0 Å². The van der Waals surface area contributed by atoms with Crippen LogP contribution in [0.15, 0.2) is 72.8 Å². The van der Waals surface area contributed by atoms with Crippen molar-refractivity contribution < 1.29 is 9.59 Å². The fraction of sp³-hybridized carbons (Fsp3) is 0.130. The van der Waals surface area contributed by atoms with Crippen LogP contribution in [0.5, 0.6) is 0 Å². The summed E-state index contributed by atoms with van der Waals surface area (Å²) in [7, 11) is 1.60. The smallest absolute Gasteiger partial charge is 0.251 e. The van der Waals surface area contributed by atoms with Gasteiger partial charge in [0.2, 0.25) is 0 Å². The van der Waals surface area contributed by atoms with Gasteiger partial charge in [0.15, 0.2) is 0 Å². The Hall–Kier alpha value is -3.40. The fourth-order valence-electron chi connectivity index (χ4n) is 2.92. The maximum atomic E-state index is 12.6. The van der Waals surface area contributed by atoms with Crippen molar-refractivity contribution in [1.82, 2.24) is 10.6 Å². The van der Waals surface area contributed by atoms with Crippen LogP contribution in [0.25, 0.3) is 11.1 Å². The van der Waals surface area contributed by atoms with Crippen molar-refractivity contribution in [2.24, 2.45) is 0 Å². The first-order valence-electron chi connectivity index (χ1n) is 8.83. The molecule has 0 fully saturated rings. The molecule has 0 saturated carbocycles. The van der Waals surface area contributed by atoms with E-state index in [1.54, 1.807) is 25.2 Å². The Kier molecular flexibility index (Phi) is 5.67. The SMILES string of the molecule is CNC(=O)c1cccc(CNC(=O)c2cccc(-c3cccc(C)c3)c2)c1. The third kappa shape index (κ3) is 4.61. The molecule has 0 unspecified atom stereocenters. The molecule has 0 bridgehead atoms. The molecule has 136 valence electrons. The van der Waals surface area contributed by atoms with Crippen molar-refractivity contribution in [2.75, 3.05) is 7.05 Å². The highest BCUT2D eigenvalue weighted by Crippen LogP contribution is 2.21. The van der Waals surface area contributed by atoms with Crippen molar-refractivity contribution in [3.05, 3.63) is 95.1 Å². The minimum Gasteiger partial charge on any atom is -0.355 e. The summed E-state index contributed by atoms with van der Waals surface area (Å²) < 4.78 is 0. The molecule has 4 heteroatoms. The number of benzene rings is 3. The molecule has 27 heavy (non-hydrogen) atoms. The van der Waals surface area contributed by atoms with Crippen molar-refractivity contribution in [3.8, 4) is 11.1 Å². The number of amides is 2. The standard InChI is InChI=1S/C23H22N2O2/c1-16-6-3-8-18(12-16)19-9-5-11-21(14-19)23(27)25-15-17-7-4-10-20(13-17)22(26)24-2/h3-14H,15H2,1-2H3,(H,24,26)(H,25,27). The molecule has 0 saturated heterocycles. The van der Waals surface area contributed by atoms with E-state index in [-0.39, 0.29) is 11.8 Å². The molecule has 0 heterocycles. The van der Waals surface area contributed by atoms with E-state index in [0.717, 1.165) is 16.7 Å². The van der Waals surface area contributed by atoms with Gasteiger partial charge in [0.25, 0.3) is 11.8 Å². The van der Waals surface area contributed by atoms with Gasteiger partial charge >= 0.3 is 0 Å². The van der Waals surface area contributed by atoms with Crippen molar-refractivity contribution in [3.63, 3.8) is 0 Å².